The average Bonchev–Trinajstić information content (AvgIpc) is 3.19. The minimum Gasteiger partial charge on any atom is -0.354 e. The fourth-order valence-electron chi connectivity index (χ4n) is 3.30. The van der Waals surface area contributed by atoms with Gasteiger partial charge in [0.2, 0.25) is 11.8 Å². The van der Waals surface area contributed by atoms with Crippen molar-refractivity contribution in [2.75, 3.05) is 45.8 Å². The van der Waals surface area contributed by atoms with Gasteiger partial charge in [-0.1, -0.05) is 6.07 Å². The van der Waals surface area contributed by atoms with Crippen LogP contribution in [0.4, 0.5) is 0 Å². The molecule has 1 aliphatic heterocycles. The second kappa shape index (κ2) is 11.1. The number of nitrogens with zero attached hydrogens (tertiary/aromatic N) is 3. The van der Waals surface area contributed by atoms with Gasteiger partial charge in [-0.3, -0.25) is 24.4 Å². The maximum absolute atomic E-state index is 11.9. The molecule has 0 atom stereocenters. The quantitative estimate of drug-likeness (QED) is 0.729. The smallest absolute Gasteiger partial charge is 0.229 e. The SMILES string of the molecule is O=C1CC(=O)NCCN(Cc2ccccn2)CCN(C[C]2[CH][CH][CH][CH]2)CCN1. The molecular weight excluding hydrogens is 354 g/mol. The van der Waals surface area contributed by atoms with Gasteiger partial charge < -0.3 is 10.6 Å². The molecule has 149 valence electrons. The van der Waals surface area contributed by atoms with Crippen molar-refractivity contribution in [3.8, 4) is 0 Å². The van der Waals surface area contributed by atoms with Gasteiger partial charge in [0.25, 0.3) is 0 Å². The zero-order chi connectivity index (χ0) is 19.6. The third kappa shape index (κ3) is 7.20. The molecule has 0 bridgehead atoms. The third-order valence-corrected chi connectivity index (χ3v) is 4.80. The zero-order valence-corrected chi connectivity index (χ0v) is 16.1. The van der Waals surface area contributed by atoms with Gasteiger partial charge >= 0.3 is 0 Å². The number of carbonyl (C=O) groups excluding carboxylic acids is 2. The first-order valence-corrected chi connectivity index (χ1v) is 9.77. The number of amides is 2. The first-order chi connectivity index (χ1) is 13.7. The maximum atomic E-state index is 11.9. The second-order valence-electron chi connectivity index (χ2n) is 7.04. The van der Waals surface area contributed by atoms with E-state index < -0.39 is 0 Å². The Hall–Kier alpha value is -1.99. The summed E-state index contributed by atoms with van der Waals surface area (Å²) in [7, 11) is 0. The van der Waals surface area contributed by atoms with Crippen molar-refractivity contribution in [2.24, 2.45) is 0 Å². The molecule has 5 radical (unpaired) electrons. The van der Waals surface area contributed by atoms with Crippen molar-refractivity contribution < 1.29 is 9.59 Å². The van der Waals surface area contributed by atoms with Crippen LogP contribution in [0.25, 0.3) is 0 Å². The summed E-state index contributed by atoms with van der Waals surface area (Å²) in [6, 6.07) is 5.92. The van der Waals surface area contributed by atoms with Crippen LogP contribution in [-0.2, 0) is 16.1 Å². The Morgan fingerprint density at radius 1 is 0.857 bits per heavy atom. The lowest BCUT2D eigenvalue weighted by molar-refractivity contribution is -0.129. The minimum atomic E-state index is -0.233. The summed E-state index contributed by atoms with van der Waals surface area (Å²) in [5.41, 5.74) is 1.01. The van der Waals surface area contributed by atoms with E-state index in [1.165, 1.54) is 5.92 Å². The van der Waals surface area contributed by atoms with Crippen molar-refractivity contribution in [1.82, 2.24) is 25.4 Å². The lowest BCUT2D eigenvalue weighted by Gasteiger charge is -2.29. The summed E-state index contributed by atoms with van der Waals surface area (Å²) in [6.07, 6.45) is 10.0. The van der Waals surface area contributed by atoms with Crippen LogP contribution in [0.2, 0.25) is 0 Å². The second-order valence-corrected chi connectivity index (χ2v) is 7.04. The van der Waals surface area contributed by atoms with Crippen LogP contribution >= 0.6 is 0 Å². The monoisotopic (exact) mass is 382 g/mol. The molecule has 1 aromatic rings. The predicted octanol–water partition coefficient (Wildman–Crippen LogP) is 0.227. The molecule has 7 nitrogen and oxygen atoms in total. The van der Waals surface area contributed by atoms with E-state index in [0.717, 1.165) is 38.4 Å². The van der Waals surface area contributed by atoms with Gasteiger partial charge in [0.1, 0.15) is 6.42 Å². The van der Waals surface area contributed by atoms with Gasteiger partial charge in [-0.2, -0.15) is 0 Å². The lowest BCUT2D eigenvalue weighted by Crippen LogP contribution is -2.41. The standard InChI is InChI=1S/C21H28N5O2/c27-20-15-21(28)24-10-12-26(17-19-7-3-4-8-22-19)14-13-25(11-9-23-20)16-18-5-1-2-6-18/h1-8H,9-17H2,(H,23,27)(H,24,28). The van der Waals surface area contributed by atoms with E-state index in [-0.39, 0.29) is 18.2 Å². The van der Waals surface area contributed by atoms with E-state index in [1.807, 2.05) is 31.0 Å². The summed E-state index contributed by atoms with van der Waals surface area (Å²) >= 11 is 0. The fourth-order valence-corrected chi connectivity index (χ4v) is 3.30. The molecular formula is C21H28N5O2. The number of aromatic nitrogens is 1. The van der Waals surface area contributed by atoms with Crippen molar-refractivity contribution in [1.29, 1.82) is 0 Å². The molecule has 1 saturated carbocycles. The van der Waals surface area contributed by atoms with E-state index in [2.05, 4.69) is 38.3 Å². The summed E-state index contributed by atoms with van der Waals surface area (Å²) in [5, 5.41) is 5.69. The van der Waals surface area contributed by atoms with Gasteiger partial charge in [-0.25, -0.2) is 0 Å². The van der Waals surface area contributed by atoms with Crippen LogP contribution in [0, 0.1) is 31.6 Å². The molecule has 2 aliphatic rings. The van der Waals surface area contributed by atoms with Crippen molar-refractivity contribution in [3.05, 3.63) is 61.7 Å². The number of nitrogens with one attached hydrogen (secondary N) is 2. The molecule has 7 heteroatoms. The molecule has 0 aromatic carbocycles. The Kier molecular flexibility index (Phi) is 8.23. The first-order valence-electron chi connectivity index (χ1n) is 9.77. The van der Waals surface area contributed by atoms with Gasteiger partial charge in [-0.05, 0) is 43.7 Å². The summed E-state index contributed by atoms with van der Waals surface area (Å²) < 4.78 is 0. The average molecular weight is 382 g/mol. The highest BCUT2D eigenvalue weighted by atomic mass is 16.2. The normalized spacial score (nSPS) is 22.0. The van der Waals surface area contributed by atoms with Gasteiger partial charge in [-0.15, -0.1) is 0 Å². The van der Waals surface area contributed by atoms with E-state index >= 15 is 0 Å². The van der Waals surface area contributed by atoms with Crippen LogP contribution in [0.1, 0.15) is 12.1 Å². The van der Waals surface area contributed by atoms with E-state index in [0.29, 0.717) is 19.6 Å². The van der Waals surface area contributed by atoms with Crippen molar-refractivity contribution in [3.63, 3.8) is 0 Å². The fraction of sp³-hybridized carbons (Fsp3) is 0.429. The Balaban J connectivity index is 1.62. The number of carbonyl (C=O) groups is 2. The lowest BCUT2D eigenvalue weighted by atomic mass is 10.1. The first kappa shape index (κ1) is 20.7. The van der Waals surface area contributed by atoms with Crippen molar-refractivity contribution in [2.45, 2.75) is 13.0 Å². The third-order valence-electron chi connectivity index (χ3n) is 4.80. The molecule has 2 fully saturated rings. The maximum Gasteiger partial charge on any atom is 0.229 e. The molecule has 2 N–H and O–H groups in total. The number of hydrogen-bond acceptors (Lipinski definition) is 5. The van der Waals surface area contributed by atoms with Gasteiger partial charge in [0, 0.05) is 58.6 Å². The number of rotatable bonds is 4. The van der Waals surface area contributed by atoms with Crippen LogP contribution in [0.15, 0.2) is 24.4 Å². The molecule has 2 heterocycles. The zero-order valence-electron chi connectivity index (χ0n) is 16.1. The molecule has 28 heavy (non-hydrogen) atoms. The topological polar surface area (TPSA) is 77.6 Å². The number of pyridine rings is 1. The van der Waals surface area contributed by atoms with Crippen LogP contribution < -0.4 is 10.6 Å². The highest BCUT2D eigenvalue weighted by Gasteiger charge is 2.21. The molecule has 0 spiro atoms. The Bertz CT molecular complexity index is 618. The highest BCUT2D eigenvalue weighted by molar-refractivity contribution is 5.96. The van der Waals surface area contributed by atoms with E-state index in [1.54, 1.807) is 6.20 Å². The molecule has 2 amide bonds. The Morgan fingerprint density at radius 3 is 2.11 bits per heavy atom. The molecule has 0 unspecified atom stereocenters. The van der Waals surface area contributed by atoms with Gasteiger partial charge in [0.15, 0.2) is 0 Å². The Morgan fingerprint density at radius 2 is 1.50 bits per heavy atom. The largest absolute Gasteiger partial charge is 0.354 e. The van der Waals surface area contributed by atoms with E-state index in [4.69, 9.17) is 0 Å². The van der Waals surface area contributed by atoms with Crippen LogP contribution in [0.5, 0.6) is 0 Å². The van der Waals surface area contributed by atoms with Crippen LogP contribution in [-0.4, -0.2) is 72.4 Å². The Labute approximate surface area is 167 Å². The van der Waals surface area contributed by atoms with Crippen molar-refractivity contribution >= 4 is 11.8 Å². The molecule has 3 rings (SSSR count). The van der Waals surface area contributed by atoms with Crippen LogP contribution in [0.3, 0.4) is 0 Å². The highest BCUT2D eigenvalue weighted by Crippen LogP contribution is 2.23. The predicted molar refractivity (Wildman–Crippen MR) is 107 cm³/mol. The van der Waals surface area contributed by atoms with Gasteiger partial charge in [0.05, 0.1) is 5.69 Å². The number of hydrogen-bond donors (Lipinski definition) is 2. The minimum absolute atomic E-state index is 0.122. The summed E-state index contributed by atoms with van der Waals surface area (Å²) in [6.45, 7) is 5.83. The molecule has 1 aromatic heterocycles. The molecule has 1 aliphatic carbocycles. The molecule has 1 saturated heterocycles. The van der Waals surface area contributed by atoms with E-state index in [9.17, 15) is 9.59 Å². The summed E-state index contributed by atoms with van der Waals surface area (Å²) in [4.78, 5) is 32.9. The summed E-state index contributed by atoms with van der Waals surface area (Å²) in [5.74, 6) is 0.808.